The van der Waals surface area contributed by atoms with E-state index < -0.39 is 23.2 Å². The van der Waals surface area contributed by atoms with E-state index >= 15 is 0 Å². The molecular formula is C16H19NO4. The lowest BCUT2D eigenvalue weighted by molar-refractivity contribution is -0.195. The van der Waals surface area contributed by atoms with Crippen LogP contribution in [0.2, 0.25) is 0 Å². The zero-order valence-corrected chi connectivity index (χ0v) is 12.4. The van der Waals surface area contributed by atoms with Gasteiger partial charge in [-0.05, 0) is 26.3 Å². The van der Waals surface area contributed by atoms with E-state index in [2.05, 4.69) is 0 Å². The average molecular weight is 289 g/mol. The van der Waals surface area contributed by atoms with Crippen molar-refractivity contribution in [2.24, 2.45) is 0 Å². The summed E-state index contributed by atoms with van der Waals surface area (Å²) in [5, 5.41) is 11.1. The van der Waals surface area contributed by atoms with E-state index in [-0.39, 0.29) is 5.78 Å². The molecule has 2 aliphatic heterocycles. The van der Waals surface area contributed by atoms with Gasteiger partial charge in [0.15, 0.2) is 11.9 Å². The first kappa shape index (κ1) is 14.2. The number of anilines is 1. The summed E-state index contributed by atoms with van der Waals surface area (Å²) in [6.07, 6.45) is -0.261. The zero-order valence-electron chi connectivity index (χ0n) is 12.4. The fourth-order valence-corrected chi connectivity index (χ4v) is 3.14. The summed E-state index contributed by atoms with van der Waals surface area (Å²) in [5.74, 6) is -0.741. The van der Waals surface area contributed by atoms with Gasteiger partial charge in [-0.15, -0.1) is 0 Å². The molecule has 2 aliphatic rings. The topological polar surface area (TPSA) is 66.8 Å². The summed E-state index contributed by atoms with van der Waals surface area (Å²) in [4.78, 5) is 26.2. The van der Waals surface area contributed by atoms with Crippen LogP contribution in [-0.2, 0) is 19.9 Å². The van der Waals surface area contributed by atoms with Crippen molar-refractivity contribution in [2.45, 2.75) is 44.0 Å². The maximum atomic E-state index is 12.6. The Kier molecular flexibility index (Phi) is 2.97. The molecule has 0 spiro atoms. The second-order valence-corrected chi connectivity index (χ2v) is 6.37. The molecule has 1 fully saturated rings. The van der Waals surface area contributed by atoms with Crippen LogP contribution in [-0.4, -0.2) is 35.5 Å². The molecule has 0 aliphatic carbocycles. The maximum Gasteiger partial charge on any atom is 0.266 e. The predicted octanol–water partition coefficient (Wildman–Crippen LogP) is 1.38. The third-order valence-electron chi connectivity index (χ3n) is 4.39. The van der Waals surface area contributed by atoms with Crippen LogP contribution in [0.1, 0.15) is 32.3 Å². The highest BCUT2D eigenvalue weighted by atomic mass is 16.5. The number of fused-ring (bicyclic) bond motifs is 1. The number of carbonyl (C=O) groups excluding carboxylic acids is 2. The molecule has 0 bridgehead atoms. The number of para-hydroxylation sites is 1. The number of likely N-dealkylation sites (N-methyl/N-ethyl adjacent to an activating group) is 1. The van der Waals surface area contributed by atoms with Gasteiger partial charge in [-0.3, -0.25) is 9.59 Å². The van der Waals surface area contributed by atoms with Crippen LogP contribution in [0.15, 0.2) is 24.3 Å². The first-order chi connectivity index (χ1) is 9.77. The SMILES string of the molecule is CN1C(=O)[C@@](O)([C@H]2OC(C)(C)CCC2=O)c2ccccc21. The number of benzene rings is 1. The average Bonchev–Trinajstić information content (AvgIpc) is 2.65. The van der Waals surface area contributed by atoms with E-state index in [4.69, 9.17) is 4.74 Å². The molecule has 112 valence electrons. The van der Waals surface area contributed by atoms with E-state index in [1.807, 2.05) is 13.8 Å². The molecule has 1 aromatic rings. The Morgan fingerprint density at radius 1 is 1.29 bits per heavy atom. The van der Waals surface area contributed by atoms with Gasteiger partial charge in [-0.25, -0.2) is 0 Å². The first-order valence-corrected chi connectivity index (χ1v) is 7.08. The van der Waals surface area contributed by atoms with Crippen LogP contribution in [0.3, 0.4) is 0 Å². The van der Waals surface area contributed by atoms with Crippen molar-refractivity contribution in [3.63, 3.8) is 0 Å². The van der Waals surface area contributed by atoms with Gasteiger partial charge in [-0.2, -0.15) is 0 Å². The number of ketones is 1. The number of hydrogen-bond acceptors (Lipinski definition) is 4. The highest BCUT2D eigenvalue weighted by molar-refractivity contribution is 6.10. The molecule has 3 rings (SSSR count). The summed E-state index contributed by atoms with van der Waals surface area (Å²) < 4.78 is 5.80. The smallest absolute Gasteiger partial charge is 0.266 e. The van der Waals surface area contributed by atoms with E-state index in [9.17, 15) is 14.7 Å². The molecule has 1 amide bonds. The van der Waals surface area contributed by atoms with Crippen molar-refractivity contribution in [3.8, 4) is 0 Å². The van der Waals surface area contributed by atoms with E-state index in [0.717, 1.165) is 0 Å². The van der Waals surface area contributed by atoms with E-state index in [1.54, 1.807) is 31.3 Å². The fourth-order valence-electron chi connectivity index (χ4n) is 3.14. The zero-order chi connectivity index (χ0) is 15.4. The molecule has 0 unspecified atom stereocenters. The minimum Gasteiger partial charge on any atom is -0.373 e. The molecule has 1 aromatic carbocycles. The van der Waals surface area contributed by atoms with Crippen molar-refractivity contribution in [1.82, 2.24) is 0 Å². The van der Waals surface area contributed by atoms with E-state index in [0.29, 0.717) is 24.1 Å². The Bertz CT molecular complexity index is 624. The van der Waals surface area contributed by atoms with Gasteiger partial charge in [0.05, 0.1) is 11.3 Å². The largest absolute Gasteiger partial charge is 0.373 e. The number of carbonyl (C=O) groups is 2. The van der Waals surface area contributed by atoms with Crippen LogP contribution in [0.5, 0.6) is 0 Å². The summed E-state index contributed by atoms with van der Waals surface area (Å²) in [6, 6.07) is 6.97. The van der Waals surface area contributed by atoms with Gasteiger partial charge >= 0.3 is 0 Å². The molecule has 1 saturated heterocycles. The van der Waals surface area contributed by atoms with Gasteiger partial charge in [0.2, 0.25) is 5.60 Å². The van der Waals surface area contributed by atoms with Gasteiger partial charge in [0.1, 0.15) is 0 Å². The summed E-state index contributed by atoms with van der Waals surface area (Å²) in [5.41, 5.74) is -1.41. The van der Waals surface area contributed by atoms with Crippen LogP contribution in [0, 0.1) is 0 Å². The lowest BCUT2D eigenvalue weighted by atomic mass is 9.82. The molecule has 0 radical (unpaired) electrons. The maximum absolute atomic E-state index is 12.6. The quantitative estimate of drug-likeness (QED) is 0.848. The molecule has 2 atom stereocenters. The lowest BCUT2D eigenvalue weighted by Gasteiger charge is -2.40. The van der Waals surface area contributed by atoms with Gasteiger partial charge < -0.3 is 14.7 Å². The normalized spacial score (nSPS) is 31.4. The summed E-state index contributed by atoms with van der Waals surface area (Å²) >= 11 is 0. The van der Waals surface area contributed by atoms with Crippen molar-refractivity contribution < 1.29 is 19.4 Å². The van der Waals surface area contributed by atoms with Crippen LogP contribution < -0.4 is 4.90 Å². The minimum absolute atomic E-state index is 0.227. The molecule has 0 aromatic heterocycles. The number of rotatable bonds is 1. The molecule has 1 N–H and O–H groups in total. The van der Waals surface area contributed by atoms with Crippen LogP contribution >= 0.6 is 0 Å². The highest BCUT2D eigenvalue weighted by Crippen LogP contribution is 2.45. The molecule has 5 nitrogen and oxygen atoms in total. The van der Waals surface area contributed by atoms with Gasteiger partial charge in [-0.1, -0.05) is 18.2 Å². The molecule has 2 heterocycles. The second kappa shape index (κ2) is 4.39. The lowest BCUT2D eigenvalue weighted by Crippen LogP contribution is -2.57. The van der Waals surface area contributed by atoms with Crippen LogP contribution in [0.25, 0.3) is 0 Å². The second-order valence-electron chi connectivity index (χ2n) is 6.37. The fraction of sp³-hybridized carbons (Fsp3) is 0.500. The number of amides is 1. The van der Waals surface area contributed by atoms with Gasteiger partial charge in [0, 0.05) is 19.0 Å². The van der Waals surface area contributed by atoms with Crippen molar-refractivity contribution in [2.75, 3.05) is 11.9 Å². The molecular weight excluding hydrogens is 270 g/mol. The number of aliphatic hydroxyl groups is 1. The Morgan fingerprint density at radius 2 is 1.95 bits per heavy atom. The third kappa shape index (κ3) is 1.92. The molecule has 0 saturated carbocycles. The van der Waals surface area contributed by atoms with Crippen LogP contribution in [0.4, 0.5) is 5.69 Å². The Hall–Kier alpha value is -1.72. The standard InChI is InChI=1S/C16H19NO4/c1-15(2)9-8-12(18)13(21-15)16(20)10-6-4-5-7-11(10)17(3)14(16)19/h4-7,13,20H,8-9H2,1-3H3/t13-,16-/m0/s1. The van der Waals surface area contributed by atoms with E-state index in [1.165, 1.54) is 4.90 Å². The number of nitrogens with zero attached hydrogens (tertiary/aromatic N) is 1. The molecule has 21 heavy (non-hydrogen) atoms. The monoisotopic (exact) mass is 289 g/mol. The Balaban J connectivity index is 2.12. The number of ether oxygens (including phenoxy) is 1. The number of hydrogen-bond donors (Lipinski definition) is 1. The Labute approximate surface area is 123 Å². The predicted molar refractivity (Wildman–Crippen MR) is 76.9 cm³/mol. The van der Waals surface area contributed by atoms with Crippen molar-refractivity contribution >= 4 is 17.4 Å². The van der Waals surface area contributed by atoms with Gasteiger partial charge in [0.25, 0.3) is 5.91 Å². The summed E-state index contributed by atoms with van der Waals surface area (Å²) in [7, 11) is 1.59. The Morgan fingerprint density at radius 3 is 2.67 bits per heavy atom. The van der Waals surface area contributed by atoms with Crippen molar-refractivity contribution in [1.29, 1.82) is 0 Å². The highest BCUT2D eigenvalue weighted by Gasteiger charge is 2.58. The number of Topliss-reactive ketones (excluding diaryl/α,β-unsaturated/α-hetero) is 1. The third-order valence-corrected chi connectivity index (χ3v) is 4.39. The molecule has 5 heteroatoms. The van der Waals surface area contributed by atoms with Crippen molar-refractivity contribution in [3.05, 3.63) is 29.8 Å². The first-order valence-electron chi connectivity index (χ1n) is 7.08. The minimum atomic E-state index is -1.93. The summed E-state index contributed by atoms with van der Waals surface area (Å²) in [6.45, 7) is 3.73.